The summed E-state index contributed by atoms with van der Waals surface area (Å²) in [6.07, 6.45) is 3.53. The van der Waals surface area contributed by atoms with Crippen LogP contribution in [-0.4, -0.2) is 11.8 Å². The van der Waals surface area contributed by atoms with E-state index in [2.05, 4.69) is 25.8 Å². The smallest absolute Gasteiger partial charge is 0.00868 e. The first-order valence-electron chi connectivity index (χ1n) is 3.37. The molecule has 0 bridgehead atoms. The summed E-state index contributed by atoms with van der Waals surface area (Å²) in [4.78, 5) is 0. The molecular formula is C8H15NS. The lowest BCUT2D eigenvalue weighted by molar-refractivity contribution is 0.656. The fourth-order valence-electron chi connectivity index (χ4n) is 0.688. The molecule has 0 rings (SSSR count). The first-order valence-corrected chi connectivity index (χ1v) is 4.00. The van der Waals surface area contributed by atoms with Gasteiger partial charge in [0.2, 0.25) is 0 Å². The molecule has 0 aliphatic heterocycles. The summed E-state index contributed by atoms with van der Waals surface area (Å²) in [6, 6.07) is 0.197. The van der Waals surface area contributed by atoms with Crippen LogP contribution in [0.4, 0.5) is 0 Å². The Kier molecular flexibility index (Phi) is 5.45. The molecule has 0 aromatic carbocycles. The molecule has 0 aromatic heterocycles. The van der Waals surface area contributed by atoms with Crippen molar-refractivity contribution in [1.82, 2.24) is 0 Å². The minimum atomic E-state index is 0.197. The van der Waals surface area contributed by atoms with Gasteiger partial charge < -0.3 is 5.73 Å². The topological polar surface area (TPSA) is 26.0 Å². The highest BCUT2D eigenvalue weighted by atomic mass is 32.1. The molecule has 0 saturated carbocycles. The lowest BCUT2D eigenvalue weighted by atomic mass is 10.1. The van der Waals surface area contributed by atoms with Gasteiger partial charge in [0.05, 0.1) is 0 Å². The molecule has 0 unspecified atom stereocenters. The van der Waals surface area contributed by atoms with E-state index in [0.29, 0.717) is 0 Å². The molecule has 0 radical (unpaired) electrons. The maximum Gasteiger partial charge on any atom is 0.00868 e. The van der Waals surface area contributed by atoms with E-state index in [0.717, 1.165) is 24.2 Å². The van der Waals surface area contributed by atoms with Crippen molar-refractivity contribution in [3.63, 3.8) is 0 Å². The van der Waals surface area contributed by atoms with Crippen LogP contribution in [0.3, 0.4) is 0 Å². The summed E-state index contributed by atoms with van der Waals surface area (Å²) in [5.41, 5.74) is 6.71. The minimum Gasteiger partial charge on any atom is -0.327 e. The standard InChI is InChI=1S/C8H15NS/c1-3-7(2)6-8(9)4-5-10/h3,8,10H,1-2,4-6,9H2/t8-/m0/s1. The van der Waals surface area contributed by atoms with E-state index in [1.54, 1.807) is 6.08 Å². The maximum absolute atomic E-state index is 5.70. The Hall–Kier alpha value is -0.210. The second kappa shape index (κ2) is 5.57. The number of hydrogen-bond acceptors (Lipinski definition) is 2. The van der Waals surface area contributed by atoms with Gasteiger partial charge >= 0.3 is 0 Å². The Morgan fingerprint density at radius 3 is 2.70 bits per heavy atom. The average Bonchev–Trinajstić information content (AvgIpc) is 1.88. The van der Waals surface area contributed by atoms with Gasteiger partial charge in [-0.15, -0.1) is 0 Å². The van der Waals surface area contributed by atoms with Crippen molar-refractivity contribution < 1.29 is 0 Å². The average molecular weight is 157 g/mol. The van der Waals surface area contributed by atoms with Crippen LogP contribution < -0.4 is 5.73 Å². The zero-order valence-electron chi connectivity index (χ0n) is 6.21. The quantitative estimate of drug-likeness (QED) is 0.461. The van der Waals surface area contributed by atoms with E-state index in [9.17, 15) is 0 Å². The summed E-state index contributed by atoms with van der Waals surface area (Å²) < 4.78 is 0. The van der Waals surface area contributed by atoms with Gasteiger partial charge in [-0.1, -0.05) is 24.8 Å². The van der Waals surface area contributed by atoms with Gasteiger partial charge in [-0.25, -0.2) is 0 Å². The molecule has 0 aliphatic rings. The molecule has 0 amide bonds. The molecular weight excluding hydrogens is 142 g/mol. The van der Waals surface area contributed by atoms with Gasteiger partial charge in [0.15, 0.2) is 0 Å². The molecule has 0 aromatic rings. The predicted octanol–water partition coefficient (Wildman–Crippen LogP) is 1.77. The van der Waals surface area contributed by atoms with Crippen molar-refractivity contribution in [2.24, 2.45) is 5.73 Å². The number of nitrogens with two attached hydrogens (primary N) is 1. The molecule has 2 heteroatoms. The molecule has 0 aliphatic carbocycles. The lowest BCUT2D eigenvalue weighted by Crippen LogP contribution is -2.20. The third kappa shape index (κ3) is 4.65. The second-order valence-corrected chi connectivity index (χ2v) is 2.79. The van der Waals surface area contributed by atoms with Crippen LogP contribution >= 0.6 is 12.6 Å². The van der Waals surface area contributed by atoms with Gasteiger partial charge in [-0.2, -0.15) is 12.6 Å². The molecule has 0 saturated heterocycles. The normalized spacial score (nSPS) is 12.6. The molecule has 10 heavy (non-hydrogen) atoms. The number of allylic oxidation sites excluding steroid dienone is 1. The molecule has 0 fully saturated rings. The summed E-state index contributed by atoms with van der Waals surface area (Å²) in [5.74, 6) is 0.839. The van der Waals surface area contributed by atoms with E-state index in [1.807, 2.05) is 0 Å². The lowest BCUT2D eigenvalue weighted by Gasteiger charge is -2.08. The van der Waals surface area contributed by atoms with Gasteiger partial charge in [0, 0.05) is 6.04 Å². The van der Waals surface area contributed by atoms with Gasteiger partial charge in [-0.3, -0.25) is 0 Å². The fraction of sp³-hybridized carbons (Fsp3) is 0.500. The third-order valence-electron chi connectivity index (χ3n) is 1.31. The molecule has 1 atom stereocenters. The summed E-state index contributed by atoms with van der Waals surface area (Å²) in [5, 5.41) is 0. The monoisotopic (exact) mass is 157 g/mol. The van der Waals surface area contributed by atoms with E-state index in [4.69, 9.17) is 5.73 Å². The van der Waals surface area contributed by atoms with Gasteiger partial charge in [0.25, 0.3) is 0 Å². The molecule has 0 heterocycles. The van der Waals surface area contributed by atoms with Crippen LogP contribution in [0.25, 0.3) is 0 Å². The molecule has 1 nitrogen and oxygen atoms in total. The largest absolute Gasteiger partial charge is 0.327 e. The minimum absolute atomic E-state index is 0.197. The van der Waals surface area contributed by atoms with Crippen molar-refractivity contribution in [3.05, 3.63) is 24.8 Å². The highest BCUT2D eigenvalue weighted by Crippen LogP contribution is 2.05. The Morgan fingerprint density at radius 1 is 1.70 bits per heavy atom. The van der Waals surface area contributed by atoms with E-state index < -0.39 is 0 Å². The van der Waals surface area contributed by atoms with Crippen molar-refractivity contribution in [2.75, 3.05) is 5.75 Å². The van der Waals surface area contributed by atoms with Crippen molar-refractivity contribution in [2.45, 2.75) is 18.9 Å². The summed E-state index contributed by atoms with van der Waals surface area (Å²) >= 11 is 4.08. The SMILES string of the molecule is C=CC(=C)C[C@@H](N)CCS. The third-order valence-corrected chi connectivity index (χ3v) is 1.57. The molecule has 2 N–H and O–H groups in total. The zero-order valence-corrected chi connectivity index (χ0v) is 7.11. The Morgan fingerprint density at radius 2 is 2.30 bits per heavy atom. The Balaban J connectivity index is 3.46. The summed E-state index contributed by atoms with van der Waals surface area (Å²) in [6.45, 7) is 7.37. The highest BCUT2D eigenvalue weighted by Gasteiger charge is 2.00. The van der Waals surface area contributed by atoms with Gasteiger partial charge in [-0.05, 0) is 18.6 Å². The van der Waals surface area contributed by atoms with Crippen LogP contribution in [0, 0.1) is 0 Å². The molecule has 58 valence electrons. The van der Waals surface area contributed by atoms with Crippen molar-refractivity contribution in [3.8, 4) is 0 Å². The van der Waals surface area contributed by atoms with E-state index in [1.165, 1.54) is 0 Å². The highest BCUT2D eigenvalue weighted by molar-refractivity contribution is 7.80. The number of rotatable bonds is 5. The first kappa shape index (κ1) is 9.79. The van der Waals surface area contributed by atoms with Crippen LogP contribution in [0.15, 0.2) is 24.8 Å². The Labute approximate surface area is 68.4 Å². The fourth-order valence-corrected chi connectivity index (χ4v) is 1.02. The predicted molar refractivity (Wildman–Crippen MR) is 50.4 cm³/mol. The van der Waals surface area contributed by atoms with Gasteiger partial charge in [0.1, 0.15) is 0 Å². The maximum atomic E-state index is 5.70. The van der Waals surface area contributed by atoms with E-state index in [-0.39, 0.29) is 6.04 Å². The number of thiol groups is 1. The first-order chi connectivity index (χ1) is 4.70. The molecule has 0 spiro atoms. The van der Waals surface area contributed by atoms with Crippen LogP contribution in [0.1, 0.15) is 12.8 Å². The van der Waals surface area contributed by atoms with Crippen LogP contribution in [0.5, 0.6) is 0 Å². The number of hydrogen-bond donors (Lipinski definition) is 2. The van der Waals surface area contributed by atoms with Crippen LogP contribution in [-0.2, 0) is 0 Å². The second-order valence-electron chi connectivity index (χ2n) is 2.34. The van der Waals surface area contributed by atoms with Crippen molar-refractivity contribution in [1.29, 1.82) is 0 Å². The zero-order chi connectivity index (χ0) is 7.98. The van der Waals surface area contributed by atoms with E-state index >= 15 is 0 Å². The van der Waals surface area contributed by atoms with Crippen molar-refractivity contribution >= 4 is 12.6 Å². The summed E-state index contributed by atoms with van der Waals surface area (Å²) in [7, 11) is 0. The van der Waals surface area contributed by atoms with Crippen LogP contribution in [0.2, 0.25) is 0 Å². The Bertz CT molecular complexity index is 120.